The average Bonchev–Trinajstić information content (AvgIpc) is 3.30. The highest BCUT2D eigenvalue weighted by Crippen LogP contribution is 2.30. The molecular formula is C23H17F2N5O3. The van der Waals surface area contributed by atoms with Crippen LogP contribution in [0.3, 0.4) is 0 Å². The van der Waals surface area contributed by atoms with Gasteiger partial charge in [0.05, 0.1) is 16.9 Å². The first-order chi connectivity index (χ1) is 15.9. The average molecular weight is 449 g/mol. The van der Waals surface area contributed by atoms with E-state index in [1.54, 1.807) is 36.4 Å². The van der Waals surface area contributed by atoms with Crippen LogP contribution in [0.1, 0.15) is 21.8 Å². The van der Waals surface area contributed by atoms with Gasteiger partial charge in [-0.1, -0.05) is 47.6 Å². The molecule has 0 radical (unpaired) electrons. The van der Waals surface area contributed by atoms with Crippen LogP contribution in [0.15, 0.2) is 77.3 Å². The molecule has 0 amide bonds. The second kappa shape index (κ2) is 8.89. The normalized spacial score (nSPS) is 11.7. The molecule has 33 heavy (non-hydrogen) atoms. The molecule has 1 aromatic heterocycles. The molecule has 5 N–H and O–H groups in total. The minimum atomic E-state index is -1.40. The van der Waals surface area contributed by atoms with Crippen LogP contribution in [0.5, 0.6) is 0 Å². The maximum absolute atomic E-state index is 14.4. The molecule has 0 aliphatic rings. The molecule has 0 atom stereocenters. The van der Waals surface area contributed by atoms with Crippen LogP contribution in [0.2, 0.25) is 0 Å². The molecule has 8 nitrogen and oxygen atoms in total. The van der Waals surface area contributed by atoms with Crippen molar-refractivity contribution < 1.29 is 23.2 Å². The van der Waals surface area contributed by atoms with Crippen LogP contribution in [-0.2, 0) is 0 Å². The van der Waals surface area contributed by atoms with E-state index in [1.165, 1.54) is 24.3 Å². The van der Waals surface area contributed by atoms with E-state index in [0.717, 1.165) is 17.1 Å². The van der Waals surface area contributed by atoms with Gasteiger partial charge in [0, 0.05) is 11.1 Å². The van der Waals surface area contributed by atoms with Crippen molar-refractivity contribution in [2.45, 2.75) is 0 Å². The highest BCUT2D eigenvalue weighted by Gasteiger charge is 2.22. The second-order valence-corrected chi connectivity index (χ2v) is 6.87. The fraction of sp³-hybridized carbons (Fsp3) is 0. The summed E-state index contributed by atoms with van der Waals surface area (Å²) in [5.41, 5.74) is 6.79. The minimum Gasteiger partial charge on any atom is -0.478 e. The Labute approximate surface area is 186 Å². The van der Waals surface area contributed by atoms with Gasteiger partial charge < -0.3 is 15.4 Å². The number of aromatic carboxylic acids is 1. The van der Waals surface area contributed by atoms with Gasteiger partial charge in [0.2, 0.25) is 5.82 Å². The number of halogens is 2. The van der Waals surface area contributed by atoms with Gasteiger partial charge in [0.15, 0.2) is 0 Å². The predicted molar refractivity (Wildman–Crippen MR) is 117 cm³/mol. The van der Waals surface area contributed by atoms with Crippen LogP contribution in [0.25, 0.3) is 22.8 Å². The van der Waals surface area contributed by atoms with Gasteiger partial charge in [0.1, 0.15) is 17.3 Å². The van der Waals surface area contributed by atoms with Gasteiger partial charge in [0.25, 0.3) is 5.89 Å². The van der Waals surface area contributed by atoms with Crippen molar-refractivity contribution in [2.75, 3.05) is 5.01 Å². The summed E-state index contributed by atoms with van der Waals surface area (Å²) < 4.78 is 33.8. The molecule has 0 aliphatic heterocycles. The Hall–Kier alpha value is -4.57. The minimum absolute atomic E-state index is 0.0225. The quantitative estimate of drug-likeness (QED) is 0.299. The van der Waals surface area contributed by atoms with Gasteiger partial charge in [-0.15, -0.1) is 0 Å². The van der Waals surface area contributed by atoms with Crippen molar-refractivity contribution in [2.24, 2.45) is 11.6 Å². The Morgan fingerprint density at radius 1 is 0.970 bits per heavy atom. The monoisotopic (exact) mass is 449 g/mol. The molecule has 10 heteroatoms. The summed E-state index contributed by atoms with van der Waals surface area (Å²) in [7, 11) is 0. The maximum atomic E-state index is 14.4. The first-order valence-electron chi connectivity index (χ1n) is 9.58. The zero-order valence-electron chi connectivity index (χ0n) is 16.9. The number of nitrogens with zero attached hydrogens (tertiary/aromatic N) is 3. The lowest BCUT2D eigenvalue weighted by atomic mass is 10.1. The van der Waals surface area contributed by atoms with E-state index in [1.807, 2.05) is 0 Å². The third-order valence-electron chi connectivity index (χ3n) is 4.77. The summed E-state index contributed by atoms with van der Waals surface area (Å²) in [5.74, 6) is 3.17. The van der Waals surface area contributed by atoms with E-state index in [4.69, 9.17) is 21.2 Å². The Kier molecular flexibility index (Phi) is 5.83. The summed E-state index contributed by atoms with van der Waals surface area (Å²) in [6.45, 7) is 0. The first kappa shape index (κ1) is 21.7. The van der Waals surface area contributed by atoms with Crippen LogP contribution < -0.4 is 16.6 Å². The van der Waals surface area contributed by atoms with Crippen LogP contribution >= 0.6 is 0 Å². The lowest BCUT2D eigenvalue weighted by Gasteiger charge is -2.24. The van der Waals surface area contributed by atoms with E-state index < -0.39 is 23.2 Å². The van der Waals surface area contributed by atoms with Crippen molar-refractivity contribution in [1.29, 1.82) is 0 Å². The van der Waals surface area contributed by atoms with Crippen molar-refractivity contribution in [1.82, 2.24) is 10.1 Å². The van der Waals surface area contributed by atoms with Gasteiger partial charge in [-0.05, 0) is 30.3 Å². The van der Waals surface area contributed by atoms with Crippen molar-refractivity contribution in [3.63, 3.8) is 0 Å². The second-order valence-electron chi connectivity index (χ2n) is 6.87. The van der Waals surface area contributed by atoms with E-state index >= 15 is 0 Å². The Morgan fingerprint density at radius 3 is 2.33 bits per heavy atom. The Morgan fingerprint density at radius 2 is 1.67 bits per heavy atom. The first-order valence-corrected chi connectivity index (χ1v) is 9.58. The van der Waals surface area contributed by atoms with E-state index in [9.17, 15) is 13.6 Å². The molecule has 4 aromatic rings. The van der Waals surface area contributed by atoms with Crippen LogP contribution in [-0.4, -0.2) is 21.2 Å². The van der Waals surface area contributed by atoms with Crippen molar-refractivity contribution >= 4 is 23.1 Å². The standard InChI is InChI=1S/C23H17F2N5O3/c24-16-8-4-5-9-18(16)30(27)20(13-6-2-1-3-7-13)19(26)22-28-21(29-33-22)14-10-11-15(23(31)32)17(25)12-14/h1-12H,26-27H2,(H,31,32)/b20-19-. The number of nitrogens with two attached hydrogens (primary N) is 2. The molecule has 0 spiro atoms. The van der Waals surface area contributed by atoms with Gasteiger partial charge >= 0.3 is 5.97 Å². The van der Waals surface area contributed by atoms with Gasteiger partial charge in [-0.2, -0.15) is 4.98 Å². The molecule has 166 valence electrons. The number of anilines is 1. The number of carboxylic acid groups (broad SMARTS) is 1. The molecule has 0 saturated carbocycles. The zero-order chi connectivity index (χ0) is 23.5. The predicted octanol–water partition coefficient (Wildman–Crippen LogP) is 3.88. The number of aromatic nitrogens is 2. The van der Waals surface area contributed by atoms with Crippen LogP contribution in [0, 0.1) is 11.6 Å². The highest BCUT2D eigenvalue weighted by atomic mass is 19.1. The molecule has 0 aliphatic carbocycles. The third-order valence-corrected chi connectivity index (χ3v) is 4.77. The summed E-state index contributed by atoms with van der Waals surface area (Å²) >= 11 is 0. The molecular weight excluding hydrogens is 432 g/mol. The molecule has 0 saturated heterocycles. The van der Waals surface area contributed by atoms with Crippen LogP contribution in [0.4, 0.5) is 14.5 Å². The molecule has 4 rings (SSSR count). The Bertz CT molecular complexity index is 1360. The largest absolute Gasteiger partial charge is 0.478 e. The van der Waals surface area contributed by atoms with Gasteiger partial charge in [-0.25, -0.2) is 19.4 Å². The lowest BCUT2D eigenvalue weighted by molar-refractivity contribution is 0.0692. The van der Waals surface area contributed by atoms with Crippen molar-refractivity contribution in [3.05, 3.63) is 101 Å². The number of hydrazine groups is 1. The fourth-order valence-electron chi connectivity index (χ4n) is 3.17. The molecule has 0 bridgehead atoms. The lowest BCUT2D eigenvalue weighted by Crippen LogP contribution is -2.32. The number of hydrogen-bond donors (Lipinski definition) is 3. The summed E-state index contributed by atoms with van der Waals surface area (Å²) in [4.78, 5) is 15.2. The van der Waals surface area contributed by atoms with E-state index in [2.05, 4.69) is 10.1 Å². The molecule has 0 unspecified atom stereocenters. The number of hydrogen-bond acceptors (Lipinski definition) is 7. The number of rotatable bonds is 6. The molecule has 0 fully saturated rings. The number of carboxylic acids is 1. The smallest absolute Gasteiger partial charge is 0.338 e. The molecule has 1 heterocycles. The summed E-state index contributed by atoms with van der Waals surface area (Å²) in [6.07, 6.45) is 0. The molecule has 3 aromatic carbocycles. The SMILES string of the molecule is N/C(=C(/c1ccccc1)N(N)c1ccccc1F)c1nc(-c2ccc(C(=O)O)c(F)c2)no1. The third kappa shape index (κ3) is 4.27. The van der Waals surface area contributed by atoms with E-state index in [-0.39, 0.29) is 34.4 Å². The van der Waals surface area contributed by atoms with Crippen molar-refractivity contribution in [3.8, 4) is 11.4 Å². The number of carbonyl (C=O) groups is 1. The fourth-order valence-corrected chi connectivity index (χ4v) is 3.17. The summed E-state index contributed by atoms with van der Waals surface area (Å²) in [5, 5.41) is 13.9. The van der Waals surface area contributed by atoms with Gasteiger partial charge in [-0.3, -0.25) is 5.01 Å². The highest BCUT2D eigenvalue weighted by molar-refractivity contribution is 5.94. The number of benzene rings is 3. The topological polar surface area (TPSA) is 132 Å². The van der Waals surface area contributed by atoms with E-state index in [0.29, 0.717) is 5.56 Å². The zero-order valence-corrected chi connectivity index (χ0v) is 16.9. The summed E-state index contributed by atoms with van der Waals surface area (Å²) in [6, 6.07) is 18.1. The Balaban J connectivity index is 1.80. The maximum Gasteiger partial charge on any atom is 0.338 e. The number of para-hydroxylation sites is 1.